The molecule has 3 atom stereocenters. The van der Waals surface area contributed by atoms with Gasteiger partial charge in [0.15, 0.2) is 5.79 Å². The van der Waals surface area contributed by atoms with Gasteiger partial charge < -0.3 is 14.0 Å². The van der Waals surface area contributed by atoms with Gasteiger partial charge >= 0.3 is 0 Å². The summed E-state index contributed by atoms with van der Waals surface area (Å²) in [6.45, 7) is 2.82. The van der Waals surface area contributed by atoms with Crippen LogP contribution in [0.3, 0.4) is 0 Å². The van der Waals surface area contributed by atoms with Crippen LogP contribution >= 0.6 is 35.8 Å². The molecule has 4 nitrogen and oxygen atoms in total. The van der Waals surface area contributed by atoms with Crippen LogP contribution in [0.4, 0.5) is 0 Å². The molecular weight excluding hydrogens is 427 g/mol. The fourth-order valence-corrected chi connectivity index (χ4v) is 5.76. The van der Waals surface area contributed by atoms with Gasteiger partial charge in [0.2, 0.25) is 0 Å². The van der Waals surface area contributed by atoms with Gasteiger partial charge in [0, 0.05) is 29.1 Å². The van der Waals surface area contributed by atoms with E-state index in [0.717, 1.165) is 17.9 Å². The normalized spacial score (nSPS) is 26.2. The van der Waals surface area contributed by atoms with Crippen LogP contribution in [0.15, 0.2) is 43.0 Å². The molecule has 1 aliphatic heterocycles. The number of thioether (sulfide) groups is 1. The smallest absolute Gasteiger partial charge is 0.190 e. The van der Waals surface area contributed by atoms with E-state index in [1.165, 1.54) is 37.7 Å². The standard InChI is InChI=1S/C22H29ClN2O2S.ClH/c1-17(25-14-13-24-16-25)22(12-11-18-7-9-19(23)10-8-18)26-15-21(27-22)28-20-5-3-2-4-6-20;/h7-10,13-14,16-17,20-21H,2-6,11-12,15H2,1H3;1H. The molecule has 1 aromatic carbocycles. The molecule has 160 valence electrons. The first-order chi connectivity index (χ1) is 13.6. The van der Waals surface area contributed by atoms with Crippen LogP contribution in [-0.4, -0.2) is 32.6 Å². The first-order valence-electron chi connectivity index (χ1n) is 10.3. The van der Waals surface area contributed by atoms with Crippen LogP contribution < -0.4 is 0 Å². The molecule has 7 heteroatoms. The second-order valence-electron chi connectivity index (χ2n) is 7.88. The second kappa shape index (κ2) is 10.5. The Kier molecular flexibility index (Phi) is 8.34. The van der Waals surface area contributed by atoms with E-state index in [1.807, 2.05) is 42.6 Å². The van der Waals surface area contributed by atoms with Gasteiger partial charge in [-0.05, 0) is 43.9 Å². The molecule has 4 rings (SSSR count). The molecule has 1 saturated carbocycles. The lowest BCUT2D eigenvalue weighted by Gasteiger charge is -2.35. The van der Waals surface area contributed by atoms with E-state index in [-0.39, 0.29) is 23.9 Å². The highest BCUT2D eigenvalue weighted by molar-refractivity contribution is 8.00. The van der Waals surface area contributed by atoms with Crippen molar-refractivity contribution >= 4 is 35.8 Å². The zero-order valence-corrected chi connectivity index (χ0v) is 19.2. The zero-order chi connectivity index (χ0) is 19.4. The predicted octanol–water partition coefficient (Wildman–Crippen LogP) is 6.29. The molecule has 0 radical (unpaired) electrons. The first kappa shape index (κ1) is 23.0. The summed E-state index contributed by atoms with van der Waals surface area (Å²) in [5, 5.41) is 1.47. The Morgan fingerprint density at radius 1 is 1.24 bits per heavy atom. The van der Waals surface area contributed by atoms with Crippen molar-refractivity contribution in [2.45, 2.75) is 74.4 Å². The van der Waals surface area contributed by atoms with E-state index in [1.54, 1.807) is 0 Å². The van der Waals surface area contributed by atoms with Crippen molar-refractivity contribution in [3.63, 3.8) is 0 Å². The number of hydrogen-bond acceptors (Lipinski definition) is 4. The van der Waals surface area contributed by atoms with Crippen LogP contribution in [0, 0.1) is 0 Å². The predicted molar refractivity (Wildman–Crippen MR) is 122 cm³/mol. The Balaban J connectivity index is 0.00000240. The van der Waals surface area contributed by atoms with Gasteiger partial charge in [-0.15, -0.1) is 24.2 Å². The lowest BCUT2D eigenvalue weighted by molar-refractivity contribution is -0.193. The molecule has 0 N–H and O–H groups in total. The summed E-state index contributed by atoms with van der Waals surface area (Å²) in [6, 6.07) is 8.11. The summed E-state index contributed by atoms with van der Waals surface area (Å²) in [6.07, 6.45) is 14.0. The molecule has 1 aromatic heterocycles. The van der Waals surface area contributed by atoms with Crippen molar-refractivity contribution in [1.29, 1.82) is 0 Å². The highest BCUT2D eigenvalue weighted by Gasteiger charge is 2.47. The monoisotopic (exact) mass is 456 g/mol. The van der Waals surface area contributed by atoms with Gasteiger partial charge in [-0.25, -0.2) is 4.98 Å². The molecule has 0 bridgehead atoms. The van der Waals surface area contributed by atoms with Gasteiger partial charge in [0.25, 0.3) is 0 Å². The van der Waals surface area contributed by atoms with Crippen molar-refractivity contribution in [1.82, 2.24) is 9.55 Å². The highest BCUT2D eigenvalue weighted by Crippen LogP contribution is 2.43. The van der Waals surface area contributed by atoms with E-state index >= 15 is 0 Å². The molecule has 2 heterocycles. The highest BCUT2D eigenvalue weighted by atomic mass is 35.5. The minimum atomic E-state index is -0.632. The Labute approximate surface area is 189 Å². The summed E-state index contributed by atoms with van der Waals surface area (Å²) in [7, 11) is 0. The summed E-state index contributed by atoms with van der Waals surface area (Å²) in [5.41, 5.74) is 1.36. The SMILES string of the molecule is CC(n1ccnc1)C1(CCc2ccc(Cl)cc2)OCC(SC2CCCCC2)O1.Cl. The van der Waals surface area contributed by atoms with Crippen molar-refractivity contribution in [3.05, 3.63) is 53.6 Å². The van der Waals surface area contributed by atoms with Crippen LogP contribution in [0.2, 0.25) is 5.02 Å². The summed E-state index contributed by atoms with van der Waals surface area (Å²) >= 11 is 8.01. The summed E-state index contributed by atoms with van der Waals surface area (Å²) in [5.74, 6) is -0.632. The Morgan fingerprint density at radius 3 is 2.69 bits per heavy atom. The number of benzene rings is 1. The molecule has 3 unspecified atom stereocenters. The number of hydrogen-bond donors (Lipinski definition) is 0. The number of halogens is 2. The average molecular weight is 457 g/mol. The van der Waals surface area contributed by atoms with E-state index in [2.05, 4.69) is 28.6 Å². The number of aryl methyl sites for hydroxylation is 1. The molecule has 2 fully saturated rings. The van der Waals surface area contributed by atoms with Crippen molar-refractivity contribution in [2.24, 2.45) is 0 Å². The third kappa shape index (κ3) is 5.71. The Hall–Kier alpha value is -0.720. The second-order valence-corrected chi connectivity index (χ2v) is 9.78. The molecule has 1 aliphatic carbocycles. The number of ether oxygens (including phenoxy) is 2. The lowest BCUT2D eigenvalue weighted by Crippen LogP contribution is -2.40. The van der Waals surface area contributed by atoms with Crippen LogP contribution in [0.1, 0.15) is 57.1 Å². The van der Waals surface area contributed by atoms with Gasteiger partial charge in [-0.1, -0.05) is 43.0 Å². The third-order valence-corrected chi connectivity index (χ3v) is 7.62. The molecule has 29 heavy (non-hydrogen) atoms. The van der Waals surface area contributed by atoms with Gasteiger partial charge in [-0.2, -0.15) is 0 Å². The third-order valence-electron chi connectivity index (χ3n) is 5.98. The van der Waals surface area contributed by atoms with Gasteiger partial charge in [0.1, 0.15) is 5.44 Å². The molecule has 0 spiro atoms. The number of imidazole rings is 1. The quantitative estimate of drug-likeness (QED) is 0.490. The van der Waals surface area contributed by atoms with Crippen LogP contribution in [0.25, 0.3) is 0 Å². The van der Waals surface area contributed by atoms with Crippen LogP contribution in [-0.2, 0) is 15.9 Å². The molecule has 2 aliphatic rings. The lowest BCUT2D eigenvalue weighted by atomic mass is 9.99. The van der Waals surface area contributed by atoms with E-state index in [4.69, 9.17) is 21.1 Å². The van der Waals surface area contributed by atoms with Crippen molar-refractivity contribution < 1.29 is 9.47 Å². The van der Waals surface area contributed by atoms with E-state index < -0.39 is 5.79 Å². The minimum Gasteiger partial charge on any atom is -0.344 e. The number of nitrogens with zero attached hydrogens (tertiary/aromatic N) is 2. The molecule has 2 aromatic rings. The topological polar surface area (TPSA) is 36.3 Å². The Bertz CT molecular complexity index is 738. The largest absolute Gasteiger partial charge is 0.344 e. The van der Waals surface area contributed by atoms with Crippen molar-refractivity contribution in [3.8, 4) is 0 Å². The van der Waals surface area contributed by atoms with Gasteiger partial charge in [0.05, 0.1) is 19.0 Å². The maximum atomic E-state index is 6.65. The van der Waals surface area contributed by atoms with Crippen molar-refractivity contribution in [2.75, 3.05) is 6.61 Å². The summed E-state index contributed by atoms with van der Waals surface area (Å²) in [4.78, 5) is 4.22. The number of rotatable bonds is 7. The van der Waals surface area contributed by atoms with Crippen LogP contribution in [0.5, 0.6) is 0 Å². The number of aromatic nitrogens is 2. The minimum absolute atomic E-state index is 0. The maximum Gasteiger partial charge on any atom is 0.190 e. The van der Waals surface area contributed by atoms with E-state index in [0.29, 0.717) is 11.9 Å². The first-order valence-corrected chi connectivity index (χ1v) is 11.7. The Morgan fingerprint density at radius 2 is 2.00 bits per heavy atom. The molecule has 0 amide bonds. The zero-order valence-electron chi connectivity index (χ0n) is 16.8. The maximum absolute atomic E-state index is 6.65. The molecule has 1 saturated heterocycles. The fourth-order valence-electron chi connectivity index (χ4n) is 4.24. The van der Waals surface area contributed by atoms with Gasteiger partial charge in [-0.3, -0.25) is 0 Å². The fraction of sp³-hybridized carbons (Fsp3) is 0.591. The summed E-state index contributed by atoms with van der Waals surface area (Å²) < 4.78 is 15.1. The average Bonchev–Trinajstić information content (AvgIpc) is 3.39. The van der Waals surface area contributed by atoms with E-state index in [9.17, 15) is 0 Å². The molecular formula is C22H30Cl2N2O2S.